The molecule has 0 aliphatic heterocycles. The van der Waals surface area contributed by atoms with E-state index in [1.54, 1.807) is 23.0 Å². The van der Waals surface area contributed by atoms with Crippen molar-refractivity contribution in [2.24, 2.45) is 0 Å². The van der Waals surface area contributed by atoms with Crippen LogP contribution in [-0.2, 0) is 11.2 Å². The number of rotatable bonds is 7. The molecule has 1 heterocycles. The molecule has 0 aliphatic carbocycles. The summed E-state index contributed by atoms with van der Waals surface area (Å²) in [6, 6.07) is 17.0. The molecule has 0 amide bonds. The fourth-order valence-corrected chi connectivity index (χ4v) is 2.44. The van der Waals surface area contributed by atoms with Crippen LogP contribution in [0.3, 0.4) is 0 Å². The maximum Gasteiger partial charge on any atom is 0.311 e. The van der Waals surface area contributed by atoms with Crippen LogP contribution < -0.4 is 9.47 Å². The maximum atomic E-state index is 12.1. The second kappa shape index (κ2) is 8.15. The molecule has 25 heavy (non-hydrogen) atoms. The molecule has 5 heteroatoms. The molecular formula is C20H20N2O3. The Hall–Kier alpha value is -3.08. The minimum atomic E-state index is -0.292. The molecule has 0 saturated heterocycles. The topological polar surface area (TPSA) is 53.4 Å². The van der Waals surface area contributed by atoms with Gasteiger partial charge >= 0.3 is 5.97 Å². The maximum absolute atomic E-state index is 12.1. The van der Waals surface area contributed by atoms with E-state index in [1.165, 1.54) is 0 Å². The van der Waals surface area contributed by atoms with Crippen molar-refractivity contribution in [1.82, 2.24) is 9.78 Å². The van der Waals surface area contributed by atoms with Gasteiger partial charge in [0.15, 0.2) is 11.5 Å². The molecule has 5 nitrogen and oxygen atoms in total. The number of hydrogen-bond acceptors (Lipinski definition) is 4. The summed E-state index contributed by atoms with van der Waals surface area (Å²) in [7, 11) is 0. The number of para-hydroxylation sites is 3. The van der Waals surface area contributed by atoms with Crippen molar-refractivity contribution in [2.75, 3.05) is 6.61 Å². The molecule has 0 fully saturated rings. The molecular weight excluding hydrogens is 316 g/mol. The zero-order valence-electron chi connectivity index (χ0n) is 14.1. The second-order valence-corrected chi connectivity index (χ2v) is 5.48. The van der Waals surface area contributed by atoms with Gasteiger partial charge in [0.05, 0.1) is 24.9 Å². The SMILES string of the molecule is CCOc1ccccc1OC(=O)CCc1cnn(-c2ccccc2)c1. The quantitative estimate of drug-likeness (QED) is 0.486. The zero-order chi connectivity index (χ0) is 17.5. The van der Waals surface area contributed by atoms with Crippen LogP contribution in [0.2, 0.25) is 0 Å². The number of benzene rings is 2. The normalized spacial score (nSPS) is 10.4. The van der Waals surface area contributed by atoms with Gasteiger partial charge in [0.2, 0.25) is 0 Å². The highest BCUT2D eigenvalue weighted by Gasteiger charge is 2.11. The van der Waals surface area contributed by atoms with Gasteiger partial charge in [0.25, 0.3) is 0 Å². The van der Waals surface area contributed by atoms with Crippen molar-refractivity contribution in [1.29, 1.82) is 0 Å². The second-order valence-electron chi connectivity index (χ2n) is 5.48. The number of hydrogen-bond donors (Lipinski definition) is 0. The number of aryl methyl sites for hydroxylation is 1. The predicted molar refractivity (Wildman–Crippen MR) is 95.1 cm³/mol. The third-order valence-electron chi connectivity index (χ3n) is 3.65. The van der Waals surface area contributed by atoms with E-state index in [4.69, 9.17) is 9.47 Å². The molecule has 0 atom stereocenters. The number of carbonyl (C=O) groups is 1. The summed E-state index contributed by atoms with van der Waals surface area (Å²) in [5, 5.41) is 4.33. The van der Waals surface area contributed by atoms with E-state index in [0.717, 1.165) is 11.3 Å². The Labute approximate surface area is 146 Å². The van der Waals surface area contributed by atoms with Crippen molar-refractivity contribution in [3.8, 4) is 17.2 Å². The molecule has 0 aliphatic rings. The molecule has 0 N–H and O–H groups in total. The molecule has 0 saturated carbocycles. The van der Waals surface area contributed by atoms with Gasteiger partial charge in [-0.2, -0.15) is 5.10 Å². The molecule has 0 radical (unpaired) electrons. The summed E-state index contributed by atoms with van der Waals surface area (Å²) in [5.74, 6) is 0.740. The summed E-state index contributed by atoms with van der Waals surface area (Å²) < 4.78 is 12.7. The summed E-state index contributed by atoms with van der Waals surface area (Å²) in [6.45, 7) is 2.41. The summed E-state index contributed by atoms with van der Waals surface area (Å²) in [6.07, 6.45) is 4.55. The van der Waals surface area contributed by atoms with E-state index >= 15 is 0 Å². The first kappa shape index (κ1) is 16.8. The lowest BCUT2D eigenvalue weighted by molar-refractivity contribution is -0.134. The fourth-order valence-electron chi connectivity index (χ4n) is 2.44. The number of nitrogens with zero attached hydrogens (tertiary/aromatic N) is 2. The highest BCUT2D eigenvalue weighted by Crippen LogP contribution is 2.26. The van der Waals surface area contributed by atoms with Crippen LogP contribution in [0.1, 0.15) is 18.9 Å². The van der Waals surface area contributed by atoms with Gasteiger partial charge in [-0.3, -0.25) is 4.79 Å². The van der Waals surface area contributed by atoms with Crippen LogP contribution in [0.15, 0.2) is 67.0 Å². The van der Waals surface area contributed by atoms with Crippen molar-refractivity contribution in [3.63, 3.8) is 0 Å². The van der Waals surface area contributed by atoms with Gasteiger partial charge in [-0.05, 0) is 43.2 Å². The average Bonchev–Trinajstić information content (AvgIpc) is 3.12. The standard InChI is InChI=1S/C20H20N2O3/c1-2-24-18-10-6-7-11-19(18)25-20(23)13-12-16-14-21-22(15-16)17-8-4-3-5-9-17/h3-11,14-15H,2,12-13H2,1H3. The van der Waals surface area contributed by atoms with Crippen LogP contribution >= 0.6 is 0 Å². The van der Waals surface area contributed by atoms with Gasteiger partial charge in [-0.25, -0.2) is 4.68 Å². The Morgan fingerprint density at radius 1 is 1.04 bits per heavy atom. The fraction of sp³-hybridized carbons (Fsp3) is 0.200. The highest BCUT2D eigenvalue weighted by molar-refractivity contribution is 5.73. The molecule has 128 valence electrons. The first-order chi connectivity index (χ1) is 12.3. The molecule has 3 aromatic rings. The van der Waals surface area contributed by atoms with E-state index in [1.807, 2.05) is 55.6 Å². The van der Waals surface area contributed by atoms with E-state index in [-0.39, 0.29) is 12.4 Å². The van der Waals surface area contributed by atoms with Crippen LogP contribution in [0, 0.1) is 0 Å². The molecule has 0 unspecified atom stereocenters. The number of aromatic nitrogens is 2. The average molecular weight is 336 g/mol. The highest BCUT2D eigenvalue weighted by atomic mass is 16.6. The summed E-state index contributed by atoms with van der Waals surface area (Å²) >= 11 is 0. The summed E-state index contributed by atoms with van der Waals surface area (Å²) in [5.41, 5.74) is 1.97. The van der Waals surface area contributed by atoms with Crippen molar-refractivity contribution in [3.05, 3.63) is 72.6 Å². The smallest absolute Gasteiger partial charge is 0.311 e. The first-order valence-electron chi connectivity index (χ1n) is 8.27. The van der Waals surface area contributed by atoms with E-state index in [2.05, 4.69) is 5.10 Å². The van der Waals surface area contributed by atoms with Crippen LogP contribution in [0.5, 0.6) is 11.5 Å². The minimum Gasteiger partial charge on any atom is -0.490 e. The van der Waals surface area contributed by atoms with Crippen molar-refractivity contribution < 1.29 is 14.3 Å². The Kier molecular flexibility index (Phi) is 5.46. The lowest BCUT2D eigenvalue weighted by atomic mass is 10.2. The third-order valence-corrected chi connectivity index (χ3v) is 3.65. The number of esters is 1. The molecule has 1 aromatic heterocycles. The monoisotopic (exact) mass is 336 g/mol. The molecule has 3 rings (SSSR count). The van der Waals surface area contributed by atoms with E-state index in [9.17, 15) is 4.79 Å². The largest absolute Gasteiger partial charge is 0.490 e. The lowest BCUT2D eigenvalue weighted by Gasteiger charge is -2.09. The summed E-state index contributed by atoms with van der Waals surface area (Å²) in [4.78, 5) is 12.1. The zero-order valence-corrected chi connectivity index (χ0v) is 14.1. The third kappa shape index (κ3) is 4.47. The van der Waals surface area contributed by atoms with E-state index < -0.39 is 0 Å². The predicted octanol–water partition coefficient (Wildman–Crippen LogP) is 3.81. The van der Waals surface area contributed by atoms with Crippen LogP contribution in [0.25, 0.3) is 5.69 Å². The van der Waals surface area contributed by atoms with Crippen molar-refractivity contribution in [2.45, 2.75) is 19.8 Å². The van der Waals surface area contributed by atoms with Crippen molar-refractivity contribution >= 4 is 5.97 Å². The van der Waals surface area contributed by atoms with E-state index in [0.29, 0.717) is 24.5 Å². The van der Waals surface area contributed by atoms with Gasteiger partial charge in [-0.15, -0.1) is 0 Å². The first-order valence-corrected chi connectivity index (χ1v) is 8.27. The van der Waals surface area contributed by atoms with Gasteiger partial charge in [0, 0.05) is 6.20 Å². The van der Waals surface area contributed by atoms with Crippen LogP contribution in [-0.4, -0.2) is 22.4 Å². The number of carbonyl (C=O) groups excluding carboxylic acids is 1. The Morgan fingerprint density at radius 2 is 1.76 bits per heavy atom. The van der Waals surface area contributed by atoms with Crippen LogP contribution in [0.4, 0.5) is 0 Å². The van der Waals surface area contributed by atoms with Gasteiger partial charge < -0.3 is 9.47 Å². The molecule has 0 spiro atoms. The van der Waals surface area contributed by atoms with Gasteiger partial charge in [0.1, 0.15) is 0 Å². The molecule has 0 bridgehead atoms. The van der Waals surface area contributed by atoms with Gasteiger partial charge in [-0.1, -0.05) is 30.3 Å². The molecule has 2 aromatic carbocycles. The Morgan fingerprint density at radius 3 is 2.52 bits per heavy atom. The lowest BCUT2D eigenvalue weighted by Crippen LogP contribution is -2.10. The number of ether oxygens (including phenoxy) is 2. The Bertz CT molecular complexity index is 828. The minimum absolute atomic E-state index is 0.279. The Balaban J connectivity index is 1.57.